The third-order valence-corrected chi connectivity index (χ3v) is 8.62. The number of aromatic nitrogens is 3. The number of hydrogen-bond donors (Lipinski definition) is 0. The molecule has 0 N–H and O–H groups in total. The van der Waals surface area contributed by atoms with Crippen LogP contribution < -0.4 is 0 Å². The summed E-state index contributed by atoms with van der Waals surface area (Å²) in [5, 5.41) is 2.32. The molecule has 0 spiro atoms. The number of benzene rings is 1. The van der Waals surface area contributed by atoms with Crippen LogP contribution in [-0.4, -0.2) is 14.4 Å². The molecule has 3 aromatic heterocycles. The quantitative estimate of drug-likeness (QED) is 0.321. The lowest BCUT2D eigenvalue weighted by molar-refractivity contribution is 0.125. The molecule has 3 heteroatoms. The third-order valence-electron chi connectivity index (χ3n) is 8.62. The van der Waals surface area contributed by atoms with Crippen LogP contribution in [0.2, 0.25) is 0 Å². The highest BCUT2D eigenvalue weighted by Crippen LogP contribution is 2.62. The largest absolute Gasteiger partial charge is 0.299 e. The van der Waals surface area contributed by atoms with Crippen LogP contribution in [0.3, 0.4) is 0 Å². The van der Waals surface area contributed by atoms with Crippen molar-refractivity contribution in [2.45, 2.75) is 78.6 Å². The van der Waals surface area contributed by atoms with E-state index in [4.69, 9.17) is 9.97 Å². The van der Waals surface area contributed by atoms with Gasteiger partial charge in [-0.25, -0.2) is 4.98 Å². The van der Waals surface area contributed by atoms with Gasteiger partial charge in [0, 0.05) is 28.9 Å². The number of pyridine rings is 2. The first-order valence-corrected chi connectivity index (χ1v) is 11.0. The zero-order chi connectivity index (χ0) is 21.9. The van der Waals surface area contributed by atoms with E-state index >= 15 is 0 Å². The van der Waals surface area contributed by atoms with Gasteiger partial charge in [0.2, 0.25) is 0 Å². The maximum atomic E-state index is 5.10. The molecule has 1 aliphatic rings. The van der Waals surface area contributed by atoms with Crippen LogP contribution in [0.5, 0.6) is 0 Å². The zero-order valence-electron chi connectivity index (χ0n) is 19.8. The molecule has 30 heavy (non-hydrogen) atoms. The third kappa shape index (κ3) is 2.16. The molecule has 1 aromatic carbocycles. The predicted molar refractivity (Wildman–Crippen MR) is 127 cm³/mol. The standard InChI is InChI=1S/C27H33N3/c1-24(2,3)20-14-16-12-13-30-22-19(29-23(30)17(16)15-28-20)11-10-18-21(22)26(6,7)27(8,9)25(18,4)5/h10-15H,1-9H3. The van der Waals surface area contributed by atoms with Crippen molar-refractivity contribution in [3.8, 4) is 0 Å². The normalized spacial score (nSPS) is 19.6. The van der Waals surface area contributed by atoms with Gasteiger partial charge in [0.25, 0.3) is 0 Å². The fourth-order valence-electron chi connectivity index (χ4n) is 5.47. The molecule has 0 saturated heterocycles. The minimum absolute atomic E-state index is 0.0302. The van der Waals surface area contributed by atoms with Crippen molar-refractivity contribution in [3.63, 3.8) is 0 Å². The summed E-state index contributed by atoms with van der Waals surface area (Å²) in [5.41, 5.74) is 7.62. The topological polar surface area (TPSA) is 30.2 Å². The van der Waals surface area contributed by atoms with E-state index < -0.39 is 0 Å². The van der Waals surface area contributed by atoms with E-state index in [0.29, 0.717) is 0 Å². The van der Waals surface area contributed by atoms with Crippen LogP contribution in [0.1, 0.15) is 79.1 Å². The van der Waals surface area contributed by atoms with Crippen molar-refractivity contribution in [2.24, 2.45) is 5.41 Å². The van der Waals surface area contributed by atoms with Crippen molar-refractivity contribution < 1.29 is 0 Å². The van der Waals surface area contributed by atoms with Crippen LogP contribution in [0, 0.1) is 5.41 Å². The van der Waals surface area contributed by atoms with E-state index in [9.17, 15) is 0 Å². The molecular weight excluding hydrogens is 366 g/mol. The van der Waals surface area contributed by atoms with E-state index in [2.05, 4.69) is 97.2 Å². The summed E-state index contributed by atoms with van der Waals surface area (Å²) in [6.07, 6.45) is 4.21. The Morgan fingerprint density at radius 1 is 0.900 bits per heavy atom. The summed E-state index contributed by atoms with van der Waals surface area (Å²) < 4.78 is 2.30. The molecule has 1 aliphatic carbocycles. The molecule has 0 aliphatic heterocycles. The van der Waals surface area contributed by atoms with Gasteiger partial charge >= 0.3 is 0 Å². The fraction of sp³-hybridized carbons (Fsp3) is 0.481. The average Bonchev–Trinajstić information content (AvgIpc) is 3.08. The minimum Gasteiger partial charge on any atom is -0.299 e. The minimum atomic E-state index is 0.0302. The molecule has 0 fully saturated rings. The first kappa shape index (κ1) is 19.5. The molecule has 0 atom stereocenters. The van der Waals surface area contributed by atoms with E-state index in [1.807, 2.05) is 6.20 Å². The Bertz CT molecular complexity index is 1340. The van der Waals surface area contributed by atoms with Gasteiger partial charge in [-0.1, -0.05) is 68.4 Å². The smallest absolute Gasteiger partial charge is 0.147 e. The summed E-state index contributed by atoms with van der Waals surface area (Å²) in [5.74, 6) is 0. The van der Waals surface area contributed by atoms with Gasteiger partial charge in [0.15, 0.2) is 0 Å². The average molecular weight is 400 g/mol. The number of rotatable bonds is 0. The summed E-state index contributed by atoms with van der Waals surface area (Å²) in [7, 11) is 0. The van der Waals surface area contributed by atoms with Crippen LogP contribution in [-0.2, 0) is 16.2 Å². The summed E-state index contributed by atoms with van der Waals surface area (Å²) in [6.45, 7) is 21.0. The van der Waals surface area contributed by atoms with Crippen molar-refractivity contribution in [2.75, 3.05) is 0 Å². The van der Waals surface area contributed by atoms with Crippen LogP contribution >= 0.6 is 0 Å². The lowest BCUT2D eigenvalue weighted by atomic mass is 9.59. The molecule has 3 nitrogen and oxygen atoms in total. The number of fused-ring (bicyclic) bond motifs is 7. The second kappa shape index (κ2) is 5.43. The van der Waals surface area contributed by atoms with Crippen LogP contribution in [0.4, 0.5) is 0 Å². The molecule has 0 bridgehead atoms. The van der Waals surface area contributed by atoms with E-state index in [-0.39, 0.29) is 21.7 Å². The molecule has 4 aromatic rings. The van der Waals surface area contributed by atoms with Crippen molar-refractivity contribution in [1.82, 2.24) is 14.4 Å². The Kier molecular flexibility index (Phi) is 3.54. The monoisotopic (exact) mass is 399 g/mol. The molecule has 0 amide bonds. The first-order valence-electron chi connectivity index (χ1n) is 11.0. The van der Waals surface area contributed by atoms with Crippen molar-refractivity contribution in [3.05, 3.63) is 53.5 Å². The Morgan fingerprint density at radius 3 is 2.27 bits per heavy atom. The molecule has 0 radical (unpaired) electrons. The molecule has 3 heterocycles. The van der Waals surface area contributed by atoms with Gasteiger partial charge in [0.05, 0.1) is 11.0 Å². The van der Waals surface area contributed by atoms with Crippen molar-refractivity contribution >= 4 is 27.5 Å². The molecule has 0 saturated carbocycles. The van der Waals surface area contributed by atoms with Crippen LogP contribution in [0.15, 0.2) is 36.7 Å². The highest BCUT2D eigenvalue weighted by molar-refractivity contribution is 5.99. The number of hydrogen-bond acceptors (Lipinski definition) is 2. The summed E-state index contributed by atoms with van der Waals surface area (Å²) in [4.78, 5) is 9.89. The zero-order valence-corrected chi connectivity index (χ0v) is 19.8. The van der Waals surface area contributed by atoms with E-state index in [1.165, 1.54) is 22.0 Å². The SMILES string of the molecule is CC(C)(C)c1cc2ccn3c(nc4ccc5c(c43)C(C)(C)C(C)(C)C5(C)C)c2cn1. The number of imidazole rings is 1. The summed E-state index contributed by atoms with van der Waals surface area (Å²) in [6, 6.07) is 8.97. The highest BCUT2D eigenvalue weighted by atomic mass is 15.0. The maximum absolute atomic E-state index is 5.10. The van der Waals surface area contributed by atoms with Gasteiger partial charge in [-0.15, -0.1) is 0 Å². The summed E-state index contributed by atoms with van der Waals surface area (Å²) >= 11 is 0. The Morgan fingerprint density at radius 2 is 1.60 bits per heavy atom. The van der Waals surface area contributed by atoms with Crippen molar-refractivity contribution in [1.29, 1.82) is 0 Å². The predicted octanol–water partition coefficient (Wildman–Crippen LogP) is 6.93. The fourth-order valence-corrected chi connectivity index (χ4v) is 5.47. The highest BCUT2D eigenvalue weighted by Gasteiger charge is 2.57. The van der Waals surface area contributed by atoms with E-state index in [1.54, 1.807) is 0 Å². The second-order valence-corrected chi connectivity index (χ2v) is 11.8. The van der Waals surface area contributed by atoms with E-state index in [0.717, 1.165) is 22.2 Å². The maximum Gasteiger partial charge on any atom is 0.147 e. The second-order valence-electron chi connectivity index (χ2n) is 11.8. The Hall–Kier alpha value is -2.42. The lowest BCUT2D eigenvalue weighted by Crippen LogP contribution is -2.42. The first-order chi connectivity index (χ1) is 13.8. The van der Waals surface area contributed by atoms with Gasteiger partial charge in [-0.2, -0.15) is 0 Å². The van der Waals surface area contributed by atoms with Gasteiger partial charge < -0.3 is 0 Å². The lowest BCUT2D eigenvalue weighted by Gasteiger charge is -2.44. The molecule has 156 valence electrons. The van der Waals surface area contributed by atoms with Gasteiger partial charge in [0.1, 0.15) is 5.65 Å². The van der Waals surface area contributed by atoms with Crippen LogP contribution in [0.25, 0.3) is 27.5 Å². The molecular formula is C27H33N3. The van der Waals surface area contributed by atoms with Gasteiger partial charge in [-0.3, -0.25) is 9.38 Å². The molecule has 5 rings (SSSR count). The Labute approximate surface area is 179 Å². The Balaban J connectivity index is 1.90. The van der Waals surface area contributed by atoms with Gasteiger partial charge in [-0.05, 0) is 51.0 Å². The molecule has 0 unspecified atom stereocenters. The number of nitrogens with zero attached hydrogens (tertiary/aromatic N) is 3.